The van der Waals surface area contributed by atoms with Gasteiger partial charge in [-0.1, -0.05) is 11.8 Å². The number of hydrogen-bond donors (Lipinski definition) is 3. The van der Waals surface area contributed by atoms with Gasteiger partial charge in [-0.15, -0.1) is 0 Å². The summed E-state index contributed by atoms with van der Waals surface area (Å²) in [7, 11) is -2.97. The van der Waals surface area contributed by atoms with Gasteiger partial charge < -0.3 is 19.9 Å². The van der Waals surface area contributed by atoms with E-state index < -0.39 is 26.9 Å². The molecule has 0 atom stereocenters. The third-order valence-electron chi connectivity index (χ3n) is 4.13. The SMILES string of the molecule is COCCOC(=O)Nc1ccc(Nc2ccc3c([O-])cc(S(=O)(=O)O)cc3c2)cc1.[Na+]. The second kappa shape index (κ2) is 10.8. The van der Waals surface area contributed by atoms with Crippen LogP contribution in [-0.2, 0) is 19.6 Å². The Labute approximate surface area is 201 Å². The van der Waals surface area contributed by atoms with Crippen molar-refractivity contribution in [2.75, 3.05) is 31.0 Å². The Hall–Kier alpha value is -2.34. The largest absolute Gasteiger partial charge is 1.00 e. The van der Waals surface area contributed by atoms with E-state index in [0.29, 0.717) is 34.4 Å². The number of carbonyl (C=O) groups is 1. The van der Waals surface area contributed by atoms with Crippen LogP contribution in [0.5, 0.6) is 5.75 Å². The molecule has 3 rings (SSSR count). The molecule has 0 radical (unpaired) electrons. The molecule has 0 saturated carbocycles. The average molecular weight is 454 g/mol. The van der Waals surface area contributed by atoms with Crippen LogP contribution in [0, 0.1) is 0 Å². The van der Waals surface area contributed by atoms with Gasteiger partial charge in [0.25, 0.3) is 10.1 Å². The summed E-state index contributed by atoms with van der Waals surface area (Å²) in [5.41, 5.74) is 1.84. The molecule has 0 aliphatic carbocycles. The Bertz CT molecular complexity index is 1170. The normalized spacial score (nSPS) is 10.9. The predicted octanol–water partition coefficient (Wildman–Crippen LogP) is 0.103. The summed E-state index contributed by atoms with van der Waals surface area (Å²) in [6.45, 7) is 0.454. The zero-order valence-corrected chi connectivity index (χ0v) is 19.7. The molecular formula is C20H19N2NaO7S. The van der Waals surface area contributed by atoms with Crippen LogP contribution in [0.15, 0.2) is 59.5 Å². The molecule has 0 spiro atoms. The minimum atomic E-state index is -4.48. The minimum absolute atomic E-state index is 0. The molecule has 9 nitrogen and oxygen atoms in total. The molecule has 3 aromatic rings. The second-order valence-corrected chi connectivity index (χ2v) is 7.71. The summed E-state index contributed by atoms with van der Waals surface area (Å²) in [5, 5.41) is 18.5. The Morgan fingerprint density at radius 3 is 2.29 bits per heavy atom. The van der Waals surface area contributed by atoms with E-state index in [0.717, 1.165) is 6.07 Å². The number of amides is 1. The fourth-order valence-electron chi connectivity index (χ4n) is 2.71. The molecule has 0 aliphatic heterocycles. The molecule has 3 N–H and O–H groups in total. The van der Waals surface area contributed by atoms with Crippen molar-refractivity contribution in [2.45, 2.75) is 4.90 Å². The zero-order chi connectivity index (χ0) is 21.7. The van der Waals surface area contributed by atoms with Gasteiger partial charge in [-0.05, 0) is 59.3 Å². The van der Waals surface area contributed by atoms with Gasteiger partial charge in [0.2, 0.25) is 0 Å². The van der Waals surface area contributed by atoms with Gasteiger partial charge in [-0.2, -0.15) is 8.42 Å². The summed E-state index contributed by atoms with van der Waals surface area (Å²) >= 11 is 0. The first-order chi connectivity index (χ1) is 14.3. The Balaban J connectivity index is 0.00000341. The van der Waals surface area contributed by atoms with Gasteiger partial charge in [0.05, 0.1) is 11.5 Å². The molecule has 0 fully saturated rings. The molecule has 3 aromatic carbocycles. The van der Waals surface area contributed by atoms with E-state index in [-0.39, 0.29) is 36.2 Å². The summed E-state index contributed by atoms with van der Waals surface area (Å²) < 4.78 is 41.6. The number of hydrogen-bond acceptors (Lipinski definition) is 7. The van der Waals surface area contributed by atoms with Crippen molar-refractivity contribution in [3.05, 3.63) is 54.6 Å². The van der Waals surface area contributed by atoms with Gasteiger partial charge in [0, 0.05) is 24.2 Å². The first-order valence-corrected chi connectivity index (χ1v) is 10.2. The third-order valence-corrected chi connectivity index (χ3v) is 4.96. The quantitative estimate of drug-likeness (QED) is 0.260. The number of methoxy groups -OCH3 is 1. The standard InChI is InChI=1S/C20H20N2O7S.Na/c1-28-8-9-29-20(24)22-15-4-2-14(3-5-15)21-16-6-7-18-13(10-16)11-17(12-19(18)23)30(25,26)27;/h2-7,10-12,21,23H,8-9H2,1H3,(H,22,24)(H,25,26,27);/q;+1/p-1. The van der Waals surface area contributed by atoms with Crippen LogP contribution in [-0.4, -0.2) is 39.4 Å². The number of benzene rings is 3. The summed E-state index contributed by atoms with van der Waals surface area (Å²) in [5.74, 6) is -0.500. The maximum absolute atomic E-state index is 12.1. The molecule has 0 unspecified atom stereocenters. The molecule has 158 valence electrons. The fourth-order valence-corrected chi connectivity index (χ4v) is 3.24. The Morgan fingerprint density at radius 2 is 1.65 bits per heavy atom. The van der Waals surface area contributed by atoms with E-state index in [4.69, 9.17) is 9.47 Å². The second-order valence-electron chi connectivity index (χ2n) is 6.29. The van der Waals surface area contributed by atoms with Crippen molar-refractivity contribution in [3.63, 3.8) is 0 Å². The number of rotatable bonds is 7. The van der Waals surface area contributed by atoms with Gasteiger partial charge >= 0.3 is 35.7 Å². The van der Waals surface area contributed by atoms with Crippen molar-refractivity contribution in [1.29, 1.82) is 0 Å². The molecule has 0 heterocycles. The summed E-state index contributed by atoms with van der Waals surface area (Å²) in [6, 6.07) is 13.8. The Morgan fingerprint density at radius 1 is 1.00 bits per heavy atom. The molecule has 31 heavy (non-hydrogen) atoms. The first-order valence-electron chi connectivity index (χ1n) is 8.78. The van der Waals surface area contributed by atoms with Gasteiger partial charge in [-0.3, -0.25) is 9.87 Å². The van der Waals surface area contributed by atoms with Crippen LogP contribution in [0.2, 0.25) is 0 Å². The smallest absolute Gasteiger partial charge is 0.872 e. The van der Waals surface area contributed by atoms with Crippen LogP contribution in [0.3, 0.4) is 0 Å². The van der Waals surface area contributed by atoms with Crippen molar-refractivity contribution in [2.24, 2.45) is 0 Å². The molecule has 1 amide bonds. The fraction of sp³-hybridized carbons (Fsp3) is 0.150. The summed E-state index contributed by atoms with van der Waals surface area (Å²) in [4.78, 5) is 11.2. The Kier molecular flexibility index (Phi) is 8.69. The number of ether oxygens (including phenoxy) is 2. The molecule has 0 bridgehead atoms. The van der Waals surface area contributed by atoms with E-state index in [1.807, 2.05) is 0 Å². The van der Waals surface area contributed by atoms with E-state index in [1.54, 1.807) is 42.5 Å². The van der Waals surface area contributed by atoms with E-state index in [9.17, 15) is 22.9 Å². The van der Waals surface area contributed by atoms with Crippen molar-refractivity contribution in [3.8, 4) is 5.75 Å². The first kappa shape index (κ1) is 24.9. The molecule has 11 heteroatoms. The van der Waals surface area contributed by atoms with E-state index in [2.05, 4.69) is 10.6 Å². The number of nitrogens with one attached hydrogen (secondary N) is 2. The average Bonchev–Trinajstić information content (AvgIpc) is 2.69. The topological polar surface area (TPSA) is 137 Å². The van der Waals surface area contributed by atoms with E-state index >= 15 is 0 Å². The molecular weight excluding hydrogens is 435 g/mol. The molecule has 0 aliphatic rings. The van der Waals surface area contributed by atoms with Gasteiger partial charge in [-0.25, -0.2) is 4.79 Å². The molecule has 0 aromatic heterocycles. The maximum atomic E-state index is 12.1. The van der Waals surface area contributed by atoms with Crippen LogP contribution >= 0.6 is 0 Å². The van der Waals surface area contributed by atoms with Crippen LogP contribution in [0.4, 0.5) is 21.9 Å². The maximum Gasteiger partial charge on any atom is 1.00 e. The monoisotopic (exact) mass is 454 g/mol. The van der Waals surface area contributed by atoms with Gasteiger partial charge in [0.15, 0.2) is 0 Å². The van der Waals surface area contributed by atoms with Gasteiger partial charge in [0.1, 0.15) is 6.61 Å². The van der Waals surface area contributed by atoms with Crippen molar-refractivity contribution < 1.29 is 61.9 Å². The zero-order valence-electron chi connectivity index (χ0n) is 16.9. The van der Waals surface area contributed by atoms with E-state index in [1.165, 1.54) is 13.2 Å². The number of carbonyl (C=O) groups excluding carboxylic acids is 1. The summed E-state index contributed by atoms with van der Waals surface area (Å²) in [6.07, 6.45) is -0.592. The minimum Gasteiger partial charge on any atom is -0.872 e. The van der Waals surface area contributed by atoms with Crippen molar-refractivity contribution in [1.82, 2.24) is 0 Å². The third kappa shape index (κ3) is 6.82. The van der Waals surface area contributed by atoms with Crippen LogP contribution < -0.4 is 45.3 Å². The predicted molar refractivity (Wildman–Crippen MR) is 110 cm³/mol. The number of fused-ring (bicyclic) bond motifs is 1. The van der Waals surface area contributed by atoms with Crippen molar-refractivity contribution >= 4 is 44.0 Å². The molecule has 0 saturated heterocycles. The number of anilines is 3. The van der Waals surface area contributed by atoms with Crippen LogP contribution in [0.1, 0.15) is 0 Å². The van der Waals surface area contributed by atoms with Crippen LogP contribution in [0.25, 0.3) is 10.8 Å².